The van der Waals surface area contributed by atoms with Gasteiger partial charge >= 0.3 is 12.1 Å². The van der Waals surface area contributed by atoms with Crippen LogP contribution in [0.4, 0.5) is 24.5 Å². The molecule has 2 heterocycles. The molecular weight excluding hydrogens is 557 g/mol. The van der Waals surface area contributed by atoms with Crippen LogP contribution in [0, 0.1) is 0 Å². The van der Waals surface area contributed by atoms with Crippen LogP contribution in [0.25, 0.3) is 0 Å². The number of anilines is 2. The van der Waals surface area contributed by atoms with E-state index in [1.54, 1.807) is 30.3 Å². The highest BCUT2D eigenvalue weighted by atomic mass is 32.2. The normalized spacial score (nSPS) is 17.4. The molecule has 2 aliphatic heterocycles. The molecule has 0 saturated carbocycles. The van der Waals surface area contributed by atoms with Gasteiger partial charge in [0.25, 0.3) is 15.9 Å². The van der Waals surface area contributed by atoms with E-state index in [0.717, 1.165) is 51.3 Å². The molecule has 220 valence electrons. The monoisotopic (exact) mass is 588 g/mol. The Labute approximate surface area is 229 Å². The van der Waals surface area contributed by atoms with E-state index in [4.69, 9.17) is 19.4 Å². The fourth-order valence-electron chi connectivity index (χ4n) is 4.03. The summed E-state index contributed by atoms with van der Waals surface area (Å²) in [6.45, 7) is 4.22. The largest absolute Gasteiger partial charge is 0.497 e. The Bertz CT molecular complexity index is 1280. The zero-order valence-electron chi connectivity index (χ0n) is 21.7. The Morgan fingerprint density at radius 3 is 2.48 bits per heavy atom. The predicted octanol–water partition coefficient (Wildman–Crippen LogP) is 2.45. The van der Waals surface area contributed by atoms with E-state index >= 15 is 0 Å². The minimum atomic E-state index is -5.08. The van der Waals surface area contributed by atoms with Crippen LogP contribution in [0.3, 0.4) is 0 Å². The van der Waals surface area contributed by atoms with Crippen molar-refractivity contribution < 1.29 is 45.8 Å². The van der Waals surface area contributed by atoms with Crippen molar-refractivity contribution >= 4 is 33.3 Å². The Morgan fingerprint density at radius 1 is 1.18 bits per heavy atom. The molecule has 0 bridgehead atoms. The van der Waals surface area contributed by atoms with Crippen molar-refractivity contribution in [3.63, 3.8) is 0 Å². The lowest BCUT2D eigenvalue weighted by atomic mass is 10.1. The van der Waals surface area contributed by atoms with Gasteiger partial charge in [0.1, 0.15) is 5.75 Å². The van der Waals surface area contributed by atoms with E-state index < -0.39 is 22.2 Å². The number of sulfonamides is 1. The minimum Gasteiger partial charge on any atom is -0.497 e. The molecule has 40 heavy (non-hydrogen) atoms. The molecule has 2 saturated heterocycles. The number of alkyl halides is 3. The van der Waals surface area contributed by atoms with Gasteiger partial charge in [0.15, 0.2) is 0 Å². The van der Waals surface area contributed by atoms with E-state index in [-0.39, 0.29) is 16.9 Å². The number of rotatable bonds is 8. The molecule has 0 aromatic heterocycles. The topological polar surface area (TPSA) is 146 Å². The third kappa shape index (κ3) is 8.72. The lowest BCUT2D eigenvalue weighted by molar-refractivity contribution is -0.192. The summed E-state index contributed by atoms with van der Waals surface area (Å²) in [6, 6.07) is 11.4. The van der Waals surface area contributed by atoms with Crippen molar-refractivity contribution in [2.24, 2.45) is 0 Å². The zero-order valence-corrected chi connectivity index (χ0v) is 22.5. The zero-order chi connectivity index (χ0) is 29.3. The summed E-state index contributed by atoms with van der Waals surface area (Å²) in [6.07, 6.45) is -3.13. The van der Waals surface area contributed by atoms with Crippen LogP contribution in [0.5, 0.6) is 5.75 Å². The minimum absolute atomic E-state index is 0.0279. The maximum Gasteiger partial charge on any atom is 0.490 e. The van der Waals surface area contributed by atoms with Crippen LogP contribution >= 0.6 is 0 Å². The average Bonchev–Trinajstić information content (AvgIpc) is 3.45. The van der Waals surface area contributed by atoms with E-state index in [9.17, 15) is 26.4 Å². The molecule has 2 fully saturated rings. The summed E-state index contributed by atoms with van der Waals surface area (Å²) in [4.78, 5) is 23.9. The molecule has 2 aromatic carbocycles. The number of hydrogen-bond donors (Lipinski definition) is 4. The van der Waals surface area contributed by atoms with Gasteiger partial charge in [-0.2, -0.15) is 13.2 Å². The number of halogens is 3. The van der Waals surface area contributed by atoms with Gasteiger partial charge in [-0.15, -0.1) is 0 Å². The van der Waals surface area contributed by atoms with Crippen molar-refractivity contribution in [1.29, 1.82) is 0 Å². The summed E-state index contributed by atoms with van der Waals surface area (Å²) in [5, 5.41) is 13.3. The van der Waals surface area contributed by atoms with Crippen molar-refractivity contribution in [3.8, 4) is 5.75 Å². The summed E-state index contributed by atoms with van der Waals surface area (Å²) in [5.74, 6) is -2.57. The number of ether oxygens (including phenoxy) is 2. The second kappa shape index (κ2) is 13.7. The molecule has 2 aliphatic rings. The van der Waals surface area contributed by atoms with Crippen LogP contribution in [0.15, 0.2) is 47.4 Å². The van der Waals surface area contributed by atoms with Crippen LogP contribution in [-0.2, 0) is 19.6 Å². The molecular formula is C25H31F3N4O7S. The quantitative estimate of drug-likeness (QED) is 0.365. The Hall–Kier alpha value is -3.56. The van der Waals surface area contributed by atoms with Gasteiger partial charge in [0, 0.05) is 51.0 Å². The lowest BCUT2D eigenvalue weighted by Gasteiger charge is -2.31. The highest BCUT2D eigenvalue weighted by Crippen LogP contribution is 2.30. The molecule has 4 rings (SSSR count). The number of methoxy groups -OCH3 is 1. The number of piperazine rings is 1. The van der Waals surface area contributed by atoms with Gasteiger partial charge in [0.05, 0.1) is 29.5 Å². The first-order valence-corrected chi connectivity index (χ1v) is 13.9. The highest BCUT2D eigenvalue weighted by molar-refractivity contribution is 7.92. The van der Waals surface area contributed by atoms with E-state index in [2.05, 4.69) is 20.3 Å². The molecule has 1 amide bonds. The first-order valence-electron chi connectivity index (χ1n) is 12.4. The molecule has 11 nitrogen and oxygen atoms in total. The number of hydrogen-bond acceptors (Lipinski definition) is 8. The van der Waals surface area contributed by atoms with Gasteiger partial charge < -0.3 is 30.1 Å². The maximum atomic E-state index is 13.2. The molecule has 0 spiro atoms. The van der Waals surface area contributed by atoms with Gasteiger partial charge in [-0.05, 0) is 43.2 Å². The first kappa shape index (κ1) is 31.0. The number of carboxylic acids is 1. The average molecular weight is 589 g/mol. The fraction of sp³-hybridized carbons (Fsp3) is 0.440. The number of amides is 1. The smallest absolute Gasteiger partial charge is 0.490 e. The summed E-state index contributed by atoms with van der Waals surface area (Å²) >= 11 is 0. The highest BCUT2D eigenvalue weighted by Gasteiger charge is 2.38. The van der Waals surface area contributed by atoms with E-state index in [1.165, 1.54) is 19.2 Å². The molecule has 15 heteroatoms. The number of carbonyl (C=O) groups is 2. The Kier molecular flexibility index (Phi) is 10.6. The third-order valence-electron chi connectivity index (χ3n) is 6.07. The van der Waals surface area contributed by atoms with Gasteiger partial charge in [-0.3, -0.25) is 9.52 Å². The number of carbonyl (C=O) groups excluding carboxylic acids is 1. The number of aliphatic carboxylic acids is 1. The summed E-state index contributed by atoms with van der Waals surface area (Å²) in [5.41, 5.74) is 1.48. The molecule has 1 atom stereocenters. The standard InChI is InChI=1S/C23H30N4O5S.C2HF3O2/c1-31-18-4-2-6-20(15-18)33(29,30)26-21-14-17(23(28)25-16-19-5-3-13-32-19)7-8-22(21)27-11-9-24-10-12-27;3-2(4,5)1(6)7/h2,4,6-8,14-15,19,24,26H,3,5,9-13,16H2,1H3,(H,25,28);(H,6,7). The van der Waals surface area contributed by atoms with Crippen LogP contribution < -0.4 is 25.0 Å². The predicted molar refractivity (Wildman–Crippen MR) is 140 cm³/mol. The number of benzene rings is 2. The molecule has 0 radical (unpaired) electrons. The summed E-state index contributed by atoms with van der Waals surface area (Å²) in [7, 11) is -2.41. The SMILES string of the molecule is COc1cccc(S(=O)(=O)Nc2cc(C(=O)NCC3CCCO3)ccc2N2CCNCC2)c1.O=C(O)C(F)(F)F. The number of nitrogens with one attached hydrogen (secondary N) is 3. The van der Waals surface area contributed by atoms with Crippen molar-refractivity contribution in [2.75, 3.05) is 56.1 Å². The maximum absolute atomic E-state index is 13.2. The van der Waals surface area contributed by atoms with Crippen molar-refractivity contribution in [1.82, 2.24) is 10.6 Å². The number of carboxylic acid groups (broad SMARTS) is 1. The molecule has 1 unspecified atom stereocenters. The third-order valence-corrected chi connectivity index (χ3v) is 7.43. The van der Waals surface area contributed by atoms with Crippen LogP contribution in [-0.4, -0.2) is 84.1 Å². The van der Waals surface area contributed by atoms with Gasteiger partial charge in [0.2, 0.25) is 0 Å². The van der Waals surface area contributed by atoms with Crippen LogP contribution in [0.1, 0.15) is 23.2 Å². The second-order valence-corrected chi connectivity index (χ2v) is 10.6. The molecule has 2 aromatic rings. The van der Waals surface area contributed by atoms with Crippen LogP contribution in [0.2, 0.25) is 0 Å². The van der Waals surface area contributed by atoms with E-state index in [0.29, 0.717) is 23.5 Å². The molecule has 4 N–H and O–H groups in total. The first-order chi connectivity index (χ1) is 18.9. The summed E-state index contributed by atoms with van der Waals surface area (Å²) < 4.78 is 71.5. The fourth-order valence-corrected chi connectivity index (χ4v) is 5.13. The van der Waals surface area contributed by atoms with Crippen molar-refractivity contribution in [2.45, 2.75) is 30.0 Å². The van der Waals surface area contributed by atoms with Gasteiger partial charge in [-0.25, -0.2) is 13.2 Å². The lowest BCUT2D eigenvalue weighted by Crippen LogP contribution is -2.43. The Balaban J connectivity index is 0.000000559. The van der Waals surface area contributed by atoms with Gasteiger partial charge in [-0.1, -0.05) is 6.07 Å². The Morgan fingerprint density at radius 2 is 1.88 bits per heavy atom. The van der Waals surface area contributed by atoms with E-state index in [1.807, 2.05) is 0 Å². The second-order valence-electron chi connectivity index (χ2n) is 8.90. The van der Waals surface area contributed by atoms with Crippen molar-refractivity contribution in [3.05, 3.63) is 48.0 Å². The molecule has 0 aliphatic carbocycles. The number of nitrogens with zero attached hydrogens (tertiary/aromatic N) is 1.